The van der Waals surface area contributed by atoms with Gasteiger partial charge in [-0.1, -0.05) is 24.3 Å². The molecule has 0 heterocycles. The Kier molecular flexibility index (Phi) is 7.86. The van der Waals surface area contributed by atoms with E-state index in [0.29, 0.717) is 13.0 Å². The second-order valence-corrected chi connectivity index (χ2v) is 4.60. The average Bonchev–Trinajstić information content (AvgIpc) is 2.43. The molecule has 0 bridgehead atoms. The molecule has 1 rings (SSSR count). The first-order chi connectivity index (χ1) is 9.26. The number of methoxy groups -OCH3 is 1. The SMILES string of the molecule is COCCCCCNC(=O)Cc1ccc(CN)cc1. The van der Waals surface area contributed by atoms with Crippen LogP contribution >= 0.6 is 0 Å². The zero-order valence-electron chi connectivity index (χ0n) is 11.7. The van der Waals surface area contributed by atoms with E-state index in [9.17, 15) is 4.79 Å². The summed E-state index contributed by atoms with van der Waals surface area (Å²) in [5.41, 5.74) is 7.64. The van der Waals surface area contributed by atoms with Crippen molar-refractivity contribution in [3.05, 3.63) is 35.4 Å². The van der Waals surface area contributed by atoms with Crippen LogP contribution in [0, 0.1) is 0 Å². The van der Waals surface area contributed by atoms with Crippen LogP contribution in [0.4, 0.5) is 0 Å². The van der Waals surface area contributed by atoms with Crippen molar-refractivity contribution < 1.29 is 9.53 Å². The number of rotatable bonds is 9. The van der Waals surface area contributed by atoms with Gasteiger partial charge in [0.1, 0.15) is 0 Å². The second kappa shape index (κ2) is 9.53. The van der Waals surface area contributed by atoms with E-state index in [4.69, 9.17) is 10.5 Å². The van der Waals surface area contributed by atoms with Gasteiger partial charge in [0.05, 0.1) is 6.42 Å². The van der Waals surface area contributed by atoms with Crippen LogP contribution in [0.2, 0.25) is 0 Å². The zero-order valence-corrected chi connectivity index (χ0v) is 11.7. The van der Waals surface area contributed by atoms with Gasteiger partial charge in [-0.05, 0) is 30.4 Å². The van der Waals surface area contributed by atoms with E-state index in [0.717, 1.165) is 43.5 Å². The number of amides is 1. The summed E-state index contributed by atoms with van der Waals surface area (Å²) in [5, 5.41) is 2.93. The van der Waals surface area contributed by atoms with Crippen molar-refractivity contribution >= 4 is 5.91 Å². The largest absolute Gasteiger partial charge is 0.385 e. The van der Waals surface area contributed by atoms with Gasteiger partial charge in [0.2, 0.25) is 5.91 Å². The van der Waals surface area contributed by atoms with Crippen molar-refractivity contribution in [2.45, 2.75) is 32.2 Å². The number of nitrogens with two attached hydrogens (primary N) is 1. The molecule has 4 heteroatoms. The van der Waals surface area contributed by atoms with E-state index in [1.165, 1.54) is 0 Å². The highest BCUT2D eigenvalue weighted by molar-refractivity contribution is 5.78. The Morgan fingerprint density at radius 1 is 1.16 bits per heavy atom. The maximum absolute atomic E-state index is 11.7. The lowest BCUT2D eigenvalue weighted by atomic mass is 10.1. The summed E-state index contributed by atoms with van der Waals surface area (Å²) in [4.78, 5) is 11.7. The molecule has 0 fully saturated rings. The van der Waals surface area contributed by atoms with Gasteiger partial charge in [0.25, 0.3) is 0 Å². The number of carbonyl (C=O) groups is 1. The van der Waals surface area contributed by atoms with Gasteiger partial charge in [-0.2, -0.15) is 0 Å². The van der Waals surface area contributed by atoms with Gasteiger partial charge in [-0.25, -0.2) is 0 Å². The molecule has 1 aromatic rings. The molecule has 4 nitrogen and oxygen atoms in total. The maximum atomic E-state index is 11.7. The number of ether oxygens (including phenoxy) is 1. The molecule has 0 aliphatic carbocycles. The standard InChI is InChI=1S/C15H24N2O2/c1-19-10-4-2-3-9-17-15(18)11-13-5-7-14(12-16)8-6-13/h5-8H,2-4,9-12,16H2,1H3,(H,17,18). The average molecular weight is 264 g/mol. The van der Waals surface area contributed by atoms with Crippen molar-refractivity contribution in [3.8, 4) is 0 Å². The van der Waals surface area contributed by atoms with Crippen LogP contribution in [0.5, 0.6) is 0 Å². The molecule has 0 saturated heterocycles. The quantitative estimate of drug-likeness (QED) is 0.666. The Balaban J connectivity index is 2.16. The topological polar surface area (TPSA) is 64.3 Å². The molecule has 1 amide bonds. The summed E-state index contributed by atoms with van der Waals surface area (Å²) >= 11 is 0. The summed E-state index contributed by atoms with van der Waals surface area (Å²) in [6.07, 6.45) is 3.57. The van der Waals surface area contributed by atoms with Gasteiger partial charge < -0.3 is 15.8 Å². The van der Waals surface area contributed by atoms with Crippen LogP contribution in [0.25, 0.3) is 0 Å². The van der Waals surface area contributed by atoms with Gasteiger partial charge in [0, 0.05) is 26.8 Å². The minimum absolute atomic E-state index is 0.0761. The lowest BCUT2D eigenvalue weighted by molar-refractivity contribution is -0.120. The highest BCUT2D eigenvalue weighted by Gasteiger charge is 2.02. The smallest absolute Gasteiger partial charge is 0.224 e. The fourth-order valence-corrected chi connectivity index (χ4v) is 1.82. The molecule has 0 aromatic heterocycles. The number of carbonyl (C=O) groups excluding carboxylic acids is 1. The minimum Gasteiger partial charge on any atom is -0.385 e. The molecule has 106 valence electrons. The summed E-state index contributed by atoms with van der Waals surface area (Å²) < 4.78 is 4.97. The van der Waals surface area contributed by atoms with E-state index in [1.54, 1.807) is 7.11 Å². The molecule has 0 spiro atoms. The Hall–Kier alpha value is -1.39. The second-order valence-electron chi connectivity index (χ2n) is 4.60. The van der Waals surface area contributed by atoms with Crippen LogP contribution in [-0.2, 0) is 22.5 Å². The van der Waals surface area contributed by atoms with Crippen molar-refractivity contribution in [2.75, 3.05) is 20.3 Å². The fourth-order valence-electron chi connectivity index (χ4n) is 1.82. The van der Waals surface area contributed by atoms with E-state index in [2.05, 4.69) is 5.32 Å². The molecule has 0 unspecified atom stereocenters. The Morgan fingerprint density at radius 2 is 1.84 bits per heavy atom. The van der Waals surface area contributed by atoms with Gasteiger partial charge in [-0.15, -0.1) is 0 Å². The lowest BCUT2D eigenvalue weighted by Gasteiger charge is -2.06. The molecular weight excluding hydrogens is 240 g/mol. The predicted octanol–water partition coefficient (Wildman–Crippen LogP) is 1.62. The Bertz CT molecular complexity index is 363. The molecular formula is C15H24N2O2. The first kappa shape index (κ1) is 15.7. The molecule has 1 aromatic carbocycles. The number of nitrogens with one attached hydrogen (secondary N) is 1. The van der Waals surface area contributed by atoms with E-state index in [1.807, 2.05) is 24.3 Å². The molecule has 19 heavy (non-hydrogen) atoms. The molecule has 0 aliphatic heterocycles. The first-order valence-corrected chi connectivity index (χ1v) is 6.79. The highest BCUT2D eigenvalue weighted by Crippen LogP contribution is 2.04. The van der Waals surface area contributed by atoms with Crippen molar-refractivity contribution in [3.63, 3.8) is 0 Å². The summed E-state index contributed by atoms with van der Waals surface area (Å²) in [6.45, 7) is 2.07. The first-order valence-electron chi connectivity index (χ1n) is 6.79. The molecule has 0 atom stereocenters. The van der Waals surface area contributed by atoms with Crippen molar-refractivity contribution in [1.82, 2.24) is 5.32 Å². The third-order valence-electron chi connectivity index (χ3n) is 2.97. The minimum atomic E-state index is 0.0761. The van der Waals surface area contributed by atoms with E-state index in [-0.39, 0.29) is 5.91 Å². The fraction of sp³-hybridized carbons (Fsp3) is 0.533. The summed E-state index contributed by atoms with van der Waals surface area (Å²) in [7, 11) is 1.71. The number of hydrogen-bond acceptors (Lipinski definition) is 3. The Labute approximate surface area is 115 Å². The van der Waals surface area contributed by atoms with Crippen LogP contribution in [0.3, 0.4) is 0 Å². The number of hydrogen-bond donors (Lipinski definition) is 2. The van der Waals surface area contributed by atoms with Crippen molar-refractivity contribution in [1.29, 1.82) is 0 Å². The van der Waals surface area contributed by atoms with Crippen LogP contribution < -0.4 is 11.1 Å². The monoisotopic (exact) mass is 264 g/mol. The van der Waals surface area contributed by atoms with E-state index < -0.39 is 0 Å². The van der Waals surface area contributed by atoms with Gasteiger partial charge in [0.15, 0.2) is 0 Å². The molecule has 0 aliphatic rings. The molecule has 3 N–H and O–H groups in total. The normalized spacial score (nSPS) is 10.4. The van der Waals surface area contributed by atoms with Crippen molar-refractivity contribution in [2.24, 2.45) is 5.73 Å². The molecule has 0 saturated carbocycles. The lowest BCUT2D eigenvalue weighted by Crippen LogP contribution is -2.26. The summed E-state index contributed by atoms with van der Waals surface area (Å²) in [6, 6.07) is 7.85. The third kappa shape index (κ3) is 6.94. The van der Waals surface area contributed by atoms with Gasteiger partial charge in [-0.3, -0.25) is 4.79 Å². The maximum Gasteiger partial charge on any atom is 0.224 e. The van der Waals surface area contributed by atoms with Gasteiger partial charge >= 0.3 is 0 Å². The van der Waals surface area contributed by atoms with Crippen LogP contribution in [0.15, 0.2) is 24.3 Å². The molecule has 0 radical (unpaired) electrons. The van der Waals surface area contributed by atoms with E-state index >= 15 is 0 Å². The number of benzene rings is 1. The highest BCUT2D eigenvalue weighted by atomic mass is 16.5. The third-order valence-corrected chi connectivity index (χ3v) is 2.97. The summed E-state index contributed by atoms with van der Waals surface area (Å²) in [5.74, 6) is 0.0761. The van der Waals surface area contributed by atoms with Crippen LogP contribution in [-0.4, -0.2) is 26.2 Å². The zero-order chi connectivity index (χ0) is 13.9. The number of unbranched alkanes of at least 4 members (excludes halogenated alkanes) is 2. The predicted molar refractivity (Wildman–Crippen MR) is 76.8 cm³/mol. The Morgan fingerprint density at radius 3 is 2.47 bits per heavy atom. The van der Waals surface area contributed by atoms with Crippen LogP contribution in [0.1, 0.15) is 30.4 Å².